The smallest absolute Gasteiger partial charge is 0.174 e. The zero-order valence-electron chi connectivity index (χ0n) is 4.59. The number of ether oxygens (including phenoxy) is 1. The molecule has 0 amide bonds. The van der Waals surface area contributed by atoms with Crippen LogP contribution in [0.1, 0.15) is 13.8 Å². The van der Waals surface area contributed by atoms with E-state index in [0.29, 0.717) is 6.10 Å². The molecule has 1 aliphatic rings. The molecule has 2 unspecified atom stereocenters. The number of epoxide rings is 1. The quantitative estimate of drug-likeness (QED) is 0.353. The van der Waals surface area contributed by atoms with E-state index < -0.39 is 0 Å². The first kappa shape index (κ1) is 4.78. The minimum Gasteiger partial charge on any atom is -0.346 e. The Morgan fingerprint density at radius 2 is 2.29 bits per heavy atom. The molecule has 2 heteroatoms. The highest BCUT2D eigenvalue weighted by atomic mass is 16.6. The van der Waals surface area contributed by atoms with Gasteiger partial charge in [0.25, 0.3) is 0 Å². The fraction of sp³-hybridized carbons (Fsp3) is 0.800. The van der Waals surface area contributed by atoms with Crippen molar-refractivity contribution in [2.24, 2.45) is 4.99 Å². The van der Waals surface area contributed by atoms with Crippen LogP contribution in [0.4, 0.5) is 0 Å². The zero-order chi connectivity index (χ0) is 5.28. The van der Waals surface area contributed by atoms with Crippen molar-refractivity contribution in [1.29, 1.82) is 0 Å². The van der Waals surface area contributed by atoms with Crippen LogP contribution in [0.3, 0.4) is 0 Å². The molecular formula is C5H9NO. The second-order valence-electron chi connectivity index (χ2n) is 1.64. The third kappa shape index (κ3) is 0.996. The third-order valence-electron chi connectivity index (χ3n) is 0.975. The summed E-state index contributed by atoms with van der Waals surface area (Å²) in [6.45, 7) is 3.91. The molecule has 0 radical (unpaired) electrons. The molecule has 2 atom stereocenters. The largest absolute Gasteiger partial charge is 0.346 e. The number of hydrogen-bond acceptors (Lipinski definition) is 2. The molecule has 0 aromatic heterocycles. The Balaban J connectivity index is 2.21. The first-order chi connectivity index (χ1) is 3.34. The fourth-order valence-corrected chi connectivity index (χ4v) is 0.478. The van der Waals surface area contributed by atoms with Crippen LogP contribution in [0.25, 0.3) is 0 Å². The van der Waals surface area contributed by atoms with Gasteiger partial charge in [-0.15, -0.1) is 0 Å². The summed E-state index contributed by atoms with van der Waals surface area (Å²) >= 11 is 0. The molecule has 0 bridgehead atoms. The Bertz CT molecular complexity index is 90.1. The van der Waals surface area contributed by atoms with Crippen molar-refractivity contribution in [3.63, 3.8) is 0 Å². The van der Waals surface area contributed by atoms with Gasteiger partial charge < -0.3 is 4.74 Å². The maximum Gasteiger partial charge on any atom is 0.174 e. The topological polar surface area (TPSA) is 24.9 Å². The summed E-state index contributed by atoms with van der Waals surface area (Å²) in [7, 11) is 0. The van der Waals surface area contributed by atoms with E-state index in [9.17, 15) is 0 Å². The Kier molecular flexibility index (Phi) is 1.11. The third-order valence-corrected chi connectivity index (χ3v) is 0.975. The van der Waals surface area contributed by atoms with Gasteiger partial charge in [0.15, 0.2) is 6.23 Å². The Hall–Kier alpha value is -0.370. The van der Waals surface area contributed by atoms with Crippen LogP contribution in [0, 0.1) is 0 Å². The molecule has 0 N–H and O–H groups in total. The SMILES string of the molecule is CC=NC1OC1C. The average Bonchev–Trinajstić information content (AvgIpc) is 2.22. The van der Waals surface area contributed by atoms with Crippen molar-refractivity contribution in [1.82, 2.24) is 0 Å². The summed E-state index contributed by atoms with van der Waals surface area (Å²) in [5.74, 6) is 0. The lowest BCUT2D eigenvalue weighted by Crippen LogP contribution is -1.80. The van der Waals surface area contributed by atoms with Crippen molar-refractivity contribution in [2.75, 3.05) is 0 Å². The van der Waals surface area contributed by atoms with Crippen LogP contribution in [0.5, 0.6) is 0 Å². The van der Waals surface area contributed by atoms with Crippen molar-refractivity contribution >= 4 is 6.21 Å². The van der Waals surface area contributed by atoms with Gasteiger partial charge in [-0.05, 0) is 20.1 Å². The maximum absolute atomic E-state index is 4.96. The van der Waals surface area contributed by atoms with Crippen LogP contribution in [0.15, 0.2) is 4.99 Å². The Labute approximate surface area is 43.2 Å². The molecule has 0 aromatic rings. The van der Waals surface area contributed by atoms with Gasteiger partial charge in [-0.2, -0.15) is 0 Å². The molecule has 1 fully saturated rings. The molecule has 1 saturated heterocycles. The van der Waals surface area contributed by atoms with Gasteiger partial charge in [0.2, 0.25) is 0 Å². The summed E-state index contributed by atoms with van der Waals surface area (Å²) in [4.78, 5) is 3.97. The van der Waals surface area contributed by atoms with Gasteiger partial charge in [0, 0.05) is 0 Å². The highest BCUT2D eigenvalue weighted by molar-refractivity contribution is 5.53. The fourth-order valence-electron chi connectivity index (χ4n) is 0.478. The second-order valence-corrected chi connectivity index (χ2v) is 1.64. The summed E-state index contributed by atoms with van der Waals surface area (Å²) in [6.07, 6.45) is 2.33. The first-order valence-corrected chi connectivity index (χ1v) is 2.48. The van der Waals surface area contributed by atoms with E-state index in [1.165, 1.54) is 0 Å². The molecule has 1 rings (SSSR count). The average molecular weight is 99.1 g/mol. The molecule has 0 saturated carbocycles. The summed E-state index contributed by atoms with van der Waals surface area (Å²) in [5.41, 5.74) is 0. The van der Waals surface area contributed by atoms with E-state index in [1.807, 2.05) is 13.8 Å². The van der Waals surface area contributed by atoms with Crippen molar-refractivity contribution in [3.8, 4) is 0 Å². The van der Waals surface area contributed by atoms with E-state index in [4.69, 9.17) is 4.74 Å². The minimum absolute atomic E-state index is 0.185. The highest BCUT2D eigenvalue weighted by Crippen LogP contribution is 2.20. The van der Waals surface area contributed by atoms with Gasteiger partial charge >= 0.3 is 0 Å². The van der Waals surface area contributed by atoms with Crippen LogP contribution in [-0.2, 0) is 4.74 Å². The van der Waals surface area contributed by atoms with Gasteiger partial charge in [-0.3, -0.25) is 4.99 Å². The monoisotopic (exact) mass is 99.1 g/mol. The van der Waals surface area contributed by atoms with Crippen molar-refractivity contribution in [2.45, 2.75) is 26.2 Å². The molecule has 0 spiro atoms. The van der Waals surface area contributed by atoms with E-state index >= 15 is 0 Å². The molecule has 0 aromatic carbocycles. The molecule has 2 nitrogen and oxygen atoms in total. The van der Waals surface area contributed by atoms with Gasteiger partial charge in [-0.25, -0.2) is 0 Å². The summed E-state index contributed by atoms with van der Waals surface area (Å²) < 4.78 is 4.96. The van der Waals surface area contributed by atoms with E-state index in [0.717, 1.165) is 0 Å². The van der Waals surface area contributed by atoms with Crippen LogP contribution >= 0.6 is 0 Å². The van der Waals surface area contributed by atoms with Crippen molar-refractivity contribution < 1.29 is 4.74 Å². The lowest BCUT2D eigenvalue weighted by Gasteiger charge is -1.71. The highest BCUT2D eigenvalue weighted by Gasteiger charge is 2.32. The lowest BCUT2D eigenvalue weighted by atomic mass is 10.5. The predicted molar refractivity (Wildman–Crippen MR) is 28.5 cm³/mol. The number of aliphatic imine (C=N–C) groups is 1. The predicted octanol–water partition coefficient (Wildman–Crippen LogP) is 0.822. The number of rotatable bonds is 1. The molecule has 40 valence electrons. The molecular weight excluding hydrogens is 90.1 g/mol. The Morgan fingerprint density at radius 1 is 1.71 bits per heavy atom. The minimum atomic E-state index is 0.185. The van der Waals surface area contributed by atoms with Gasteiger partial charge in [0.05, 0.1) is 0 Å². The van der Waals surface area contributed by atoms with Crippen molar-refractivity contribution in [3.05, 3.63) is 0 Å². The molecule has 1 aliphatic heterocycles. The van der Waals surface area contributed by atoms with Crippen LogP contribution in [-0.4, -0.2) is 18.5 Å². The Morgan fingerprint density at radius 3 is 2.43 bits per heavy atom. The van der Waals surface area contributed by atoms with E-state index in [2.05, 4.69) is 4.99 Å². The summed E-state index contributed by atoms with van der Waals surface area (Å²) in [6, 6.07) is 0. The molecule has 1 heterocycles. The van der Waals surface area contributed by atoms with E-state index in [1.54, 1.807) is 6.21 Å². The standard InChI is InChI=1S/C5H9NO/c1-3-6-5-4(2)7-5/h3-5H,1-2H3. The molecule has 7 heavy (non-hydrogen) atoms. The normalized spacial score (nSPS) is 39.7. The van der Waals surface area contributed by atoms with Gasteiger partial charge in [-0.1, -0.05) is 0 Å². The number of hydrogen-bond donors (Lipinski definition) is 0. The van der Waals surface area contributed by atoms with Crippen LogP contribution < -0.4 is 0 Å². The molecule has 0 aliphatic carbocycles. The zero-order valence-corrected chi connectivity index (χ0v) is 4.59. The maximum atomic E-state index is 4.96. The second kappa shape index (κ2) is 1.62. The van der Waals surface area contributed by atoms with Gasteiger partial charge in [0.1, 0.15) is 6.10 Å². The first-order valence-electron chi connectivity index (χ1n) is 2.48. The van der Waals surface area contributed by atoms with E-state index in [-0.39, 0.29) is 6.23 Å². The number of nitrogens with zero attached hydrogens (tertiary/aromatic N) is 1. The van der Waals surface area contributed by atoms with Crippen LogP contribution in [0.2, 0.25) is 0 Å². The summed E-state index contributed by atoms with van der Waals surface area (Å²) in [5, 5.41) is 0. The lowest BCUT2D eigenvalue weighted by molar-refractivity contribution is 0.384.